The van der Waals surface area contributed by atoms with Gasteiger partial charge in [0, 0.05) is 30.2 Å². The molecule has 3 nitrogen and oxygen atoms in total. The van der Waals surface area contributed by atoms with Crippen LogP contribution >= 0.6 is 0 Å². The van der Waals surface area contributed by atoms with Gasteiger partial charge in [-0.1, -0.05) is 26.8 Å². The summed E-state index contributed by atoms with van der Waals surface area (Å²) in [5, 5.41) is 3.69. The van der Waals surface area contributed by atoms with Crippen LogP contribution in [-0.2, 0) is 10.2 Å². The van der Waals surface area contributed by atoms with Crippen molar-refractivity contribution in [2.45, 2.75) is 45.1 Å². The van der Waals surface area contributed by atoms with Gasteiger partial charge in [0.05, 0.1) is 6.61 Å². The number of rotatable bonds is 4. The standard InChI is InChI=1S/C18H27NO2/c1-4-19-17(13-7-9-20-10-8-13)14-5-6-16-15(11-14)18(2,3)12-21-16/h5-6,11,13,17,19H,4,7-10,12H2,1-3H3. The summed E-state index contributed by atoms with van der Waals surface area (Å²) < 4.78 is 11.3. The van der Waals surface area contributed by atoms with E-state index >= 15 is 0 Å². The molecule has 3 heteroatoms. The Bertz CT molecular complexity index is 492. The molecule has 1 saturated heterocycles. The predicted molar refractivity (Wildman–Crippen MR) is 84.9 cm³/mol. The van der Waals surface area contributed by atoms with Crippen LogP contribution in [0.2, 0.25) is 0 Å². The maximum Gasteiger partial charge on any atom is 0.123 e. The van der Waals surface area contributed by atoms with Gasteiger partial charge in [0.2, 0.25) is 0 Å². The molecule has 0 bridgehead atoms. The highest BCUT2D eigenvalue weighted by Gasteiger charge is 2.33. The maximum atomic E-state index is 5.81. The van der Waals surface area contributed by atoms with E-state index in [9.17, 15) is 0 Å². The van der Waals surface area contributed by atoms with Gasteiger partial charge in [-0.3, -0.25) is 0 Å². The normalized spacial score (nSPS) is 22.6. The molecule has 0 saturated carbocycles. The lowest BCUT2D eigenvalue weighted by molar-refractivity contribution is 0.0538. The molecule has 116 valence electrons. The van der Waals surface area contributed by atoms with Crippen LogP contribution in [0.4, 0.5) is 0 Å². The van der Waals surface area contributed by atoms with Crippen molar-refractivity contribution >= 4 is 0 Å². The molecular formula is C18H27NO2. The van der Waals surface area contributed by atoms with Crippen LogP contribution in [0.5, 0.6) is 5.75 Å². The molecule has 1 aromatic rings. The van der Waals surface area contributed by atoms with E-state index in [1.54, 1.807) is 0 Å². The summed E-state index contributed by atoms with van der Waals surface area (Å²) in [5.41, 5.74) is 2.88. The number of ether oxygens (including phenoxy) is 2. The van der Waals surface area contributed by atoms with Crippen molar-refractivity contribution in [2.75, 3.05) is 26.4 Å². The van der Waals surface area contributed by atoms with Crippen molar-refractivity contribution in [1.82, 2.24) is 5.32 Å². The topological polar surface area (TPSA) is 30.5 Å². The van der Waals surface area contributed by atoms with Gasteiger partial charge in [-0.05, 0) is 43.0 Å². The summed E-state index contributed by atoms with van der Waals surface area (Å²) in [6, 6.07) is 7.19. The molecule has 1 fully saturated rings. The number of benzene rings is 1. The highest BCUT2D eigenvalue weighted by Crippen LogP contribution is 2.41. The quantitative estimate of drug-likeness (QED) is 0.921. The molecule has 0 radical (unpaired) electrons. The van der Waals surface area contributed by atoms with Gasteiger partial charge in [-0.15, -0.1) is 0 Å². The number of hydrogen-bond acceptors (Lipinski definition) is 3. The molecule has 2 heterocycles. The van der Waals surface area contributed by atoms with Gasteiger partial charge in [0.25, 0.3) is 0 Å². The van der Waals surface area contributed by atoms with Crippen molar-refractivity contribution in [1.29, 1.82) is 0 Å². The first-order valence-corrected chi connectivity index (χ1v) is 8.20. The highest BCUT2D eigenvalue weighted by molar-refractivity contribution is 5.46. The Balaban J connectivity index is 1.89. The zero-order chi connectivity index (χ0) is 14.9. The first-order valence-electron chi connectivity index (χ1n) is 8.20. The second-order valence-electron chi connectivity index (χ2n) is 6.91. The average Bonchev–Trinajstić information content (AvgIpc) is 2.81. The molecule has 3 rings (SSSR count). The molecule has 0 aliphatic carbocycles. The highest BCUT2D eigenvalue weighted by atomic mass is 16.5. The van der Waals surface area contributed by atoms with Crippen LogP contribution in [0.15, 0.2) is 18.2 Å². The third kappa shape index (κ3) is 2.95. The lowest BCUT2D eigenvalue weighted by Gasteiger charge is -2.32. The number of fused-ring (bicyclic) bond motifs is 1. The Morgan fingerprint density at radius 1 is 1.29 bits per heavy atom. The molecular weight excluding hydrogens is 262 g/mol. The summed E-state index contributed by atoms with van der Waals surface area (Å²) in [4.78, 5) is 0. The zero-order valence-electron chi connectivity index (χ0n) is 13.4. The Labute approximate surface area is 128 Å². The minimum Gasteiger partial charge on any atom is -0.492 e. The molecule has 1 unspecified atom stereocenters. The summed E-state index contributed by atoms with van der Waals surface area (Å²) in [5.74, 6) is 1.73. The Kier molecular flexibility index (Phi) is 4.23. The molecule has 0 amide bonds. The molecule has 2 aliphatic rings. The van der Waals surface area contributed by atoms with E-state index in [0.717, 1.165) is 45.0 Å². The van der Waals surface area contributed by atoms with Crippen molar-refractivity contribution in [2.24, 2.45) is 5.92 Å². The molecule has 1 N–H and O–H groups in total. The smallest absolute Gasteiger partial charge is 0.123 e. The van der Waals surface area contributed by atoms with Crippen LogP contribution in [-0.4, -0.2) is 26.4 Å². The third-order valence-corrected chi connectivity index (χ3v) is 4.84. The van der Waals surface area contributed by atoms with Gasteiger partial charge in [-0.25, -0.2) is 0 Å². The lowest BCUT2D eigenvalue weighted by Crippen LogP contribution is -2.32. The van der Waals surface area contributed by atoms with Gasteiger partial charge in [-0.2, -0.15) is 0 Å². The first kappa shape index (κ1) is 14.9. The Hall–Kier alpha value is -1.06. The second-order valence-corrected chi connectivity index (χ2v) is 6.91. The predicted octanol–water partition coefficient (Wildman–Crippen LogP) is 3.43. The molecule has 1 atom stereocenters. The van der Waals surface area contributed by atoms with Crippen molar-refractivity contribution in [3.63, 3.8) is 0 Å². The zero-order valence-corrected chi connectivity index (χ0v) is 13.4. The van der Waals surface area contributed by atoms with E-state index in [4.69, 9.17) is 9.47 Å². The number of hydrogen-bond donors (Lipinski definition) is 1. The first-order chi connectivity index (χ1) is 10.1. The van der Waals surface area contributed by atoms with Crippen LogP contribution < -0.4 is 10.1 Å². The van der Waals surface area contributed by atoms with Gasteiger partial charge in [0.1, 0.15) is 5.75 Å². The second kappa shape index (κ2) is 5.98. The van der Waals surface area contributed by atoms with Crippen molar-refractivity contribution in [3.8, 4) is 5.75 Å². The fourth-order valence-electron chi connectivity index (χ4n) is 3.56. The van der Waals surface area contributed by atoms with E-state index in [0.29, 0.717) is 12.0 Å². The van der Waals surface area contributed by atoms with Crippen LogP contribution in [0, 0.1) is 5.92 Å². The van der Waals surface area contributed by atoms with Crippen molar-refractivity contribution < 1.29 is 9.47 Å². The van der Waals surface area contributed by atoms with Crippen LogP contribution in [0.3, 0.4) is 0 Å². The summed E-state index contributed by atoms with van der Waals surface area (Å²) in [7, 11) is 0. The fourth-order valence-corrected chi connectivity index (χ4v) is 3.56. The van der Waals surface area contributed by atoms with Gasteiger partial charge >= 0.3 is 0 Å². The van der Waals surface area contributed by atoms with Crippen LogP contribution in [0.25, 0.3) is 0 Å². The molecule has 0 spiro atoms. The fraction of sp³-hybridized carbons (Fsp3) is 0.667. The lowest BCUT2D eigenvalue weighted by atomic mass is 9.82. The van der Waals surface area contributed by atoms with E-state index in [1.807, 2.05) is 0 Å². The monoisotopic (exact) mass is 289 g/mol. The molecule has 0 aromatic heterocycles. The van der Waals surface area contributed by atoms with Gasteiger partial charge in [0.15, 0.2) is 0 Å². The minimum absolute atomic E-state index is 0.123. The van der Waals surface area contributed by atoms with E-state index in [1.165, 1.54) is 11.1 Å². The maximum absolute atomic E-state index is 5.81. The minimum atomic E-state index is 0.123. The van der Waals surface area contributed by atoms with E-state index < -0.39 is 0 Å². The SMILES string of the molecule is CCNC(c1ccc2c(c1)C(C)(C)CO2)C1CCOCC1. The summed E-state index contributed by atoms with van der Waals surface area (Å²) in [6.07, 6.45) is 2.29. The molecule has 21 heavy (non-hydrogen) atoms. The van der Waals surface area contributed by atoms with Gasteiger partial charge < -0.3 is 14.8 Å². The summed E-state index contributed by atoms with van der Waals surface area (Å²) in [6.45, 7) is 10.3. The average molecular weight is 289 g/mol. The van der Waals surface area contributed by atoms with Crippen molar-refractivity contribution in [3.05, 3.63) is 29.3 Å². The molecule has 2 aliphatic heterocycles. The summed E-state index contributed by atoms with van der Waals surface area (Å²) >= 11 is 0. The largest absolute Gasteiger partial charge is 0.492 e. The van der Waals surface area contributed by atoms with E-state index in [-0.39, 0.29) is 5.41 Å². The Morgan fingerprint density at radius 2 is 2.05 bits per heavy atom. The third-order valence-electron chi connectivity index (χ3n) is 4.84. The van der Waals surface area contributed by atoms with E-state index in [2.05, 4.69) is 44.3 Å². The van der Waals surface area contributed by atoms with Crippen LogP contribution in [0.1, 0.15) is 50.8 Å². The molecule has 1 aromatic carbocycles. The number of nitrogens with one attached hydrogen (secondary N) is 1. The Morgan fingerprint density at radius 3 is 2.76 bits per heavy atom.